The maximum absolute atomic E-state index is 11.9. The molecule has 0 aliphatic rings. The van der Waals surface area contributed by atoms with Crippen LogP contribution in [-0.2, 0) is 9.47 Å². The van der Waals surface area contributed by atoms with Gasteiger partial charge < -0.3 is 19.3 Å². The van der Waals surface area contributed by atoms with Crippen molar-refractivity contribution in [2.45, 2.75) is 13.8 Å². The monoisotopic (exact) mass is 500 g/mol. The Morgan fingerprint density at radius 1 is 0.800 bits per heavy atom. The van der Waals surface area contributed by atoms with Crippen LogP contribution < -0.4 is 9.80 Å². The quantitative estimate of drug-likeness (QED) is 0.351. The van der Waals surface area contributed by atoms with Crippen LogP contribution in [-0.4, -0.2) is 73.3 Å². The molecule has 0 saturated carbocycles. The van der Waals surface area contributed by atoms with Gasteiger partial charge in [-0.05, 0) is 25.4 Å². The highest BCUT2D eigenvalue weighted by molar-refractivity contribution is 6.28. The summed E-state index contributed by atoms with van der Waals surface area (Å²) in [6.45, 7) is 4.15. The van der Waals surface area contributed by atoms with Gasteiger partial charge in [-0.2, -0.15) is 4.98 Å². The largest absolute Gasteiger partial charge is 0.462 e. The van der Waals surface area contributed by atoms with Gasteiger partial charge in [-0.3, -0.25) is 0 Å². The molecule has 0 N–H and O–H groups in total. The zero-order chi connectivity index (χ0) is 26.0. The van der Waals surface area contributed by atoms with Crippen molar-refractivity contribution < 1.29 is 19.1 Å². The summed E-state index contributed by atoms with van der Waals surface area (Å²) in [6, 6.07) is 9.64. The van der Waals surface area contributed by atoms with Gasteiger partial charge in [-0.1, -0.05) is 30.3 Å². The van der Waals surface area contributed by atoms with Gasteiger partial charge in [0.1, 0.15) is 22.8 Å². The summed E-state index contributed by atoms with van der Waals surface area (Å²) in [5.74, 6) is 0.738. The molecule has 35 heavy (non-hydrogen) atoms. The maximum atomic E-state index is 11.9. The third-order valence-corrected chi connectivity index (χ3v) is 4.56. The number of ether oxygens (including phenoxy) is 2. The van der Waals surface area contributed by atoms with Crippen molar-refractivity contribution in [1.29, 1.82) is 0 Å². The molecule has 2 aromatic heterocycles. The topological polar surface area (TPSA) is 111 Å². The van der Waals surface area contributed by atoms with E-state index in [2.05, 4.69) is 19.9 Å². The molecule has 0 aliphatic heterocycles. The van der Waals surface area contributed by atoms with E-state index in [1.54, 1.807) is 37.7 Å². The highest BCUT2D eigenvalue weighted by Gasteiger charge is 2.18. The van der Waals surface area contributed by atoms with Crippen LogP contribution >= 0.6 is 11.6 Å². The van der Waals surface area contributed by atoms with Crippen LogP contribution in [0.3, 0.4) is 0 Å². The molecule has 0 atom stereocenters. The van der Waals surface area contributed by atoms with Crippen molar-refractivity contribution in [2.75, 3.05) is 51.2 Å². The first-order valence-electron chi connectivity index (χ1n) is 10.8. The molecule has 1 aromatic carbocycles. The van der Waals surface area contributed by atoms with Crippen LogP contribution in [0.25, 0.3) is 11.4 Å². The molecule has 2 heterocycles. The van der Waals surface area contributed by atoms with Gasteiger partial charge in [0, 0.05) is 46.1 Å². The van der Waals surface area contributed by atoms with E-state index in [0.29, 0.717) is 41.8 Å². The second kappa shape index (κ2) is 13.2. The molecule has 11 heteroatoms. The van der Waals surface area contributed by atoms with Gasteiger partial charge in [0.2, 0.25) is 5.28 Å². The second-order valence-corrected chi connectivity index (χ2v) is 7.74. The first-order valence-corrected chi connectivity index (χ1v) is 11.2. The molecule has 0 saturated heterocycles. The lowest BCUT2D eigenvalue weighted by Crippen LogP contribution is -2.18. The Balaban J connectivity index is 0.000000258. The van der Waals surface area contributed by atoms with Crippen LogP contribution in [0.5, 0.6) is 0 Å². The molecule has 0 bridgehead atoms. The van der Waals surface area contributed by atoms with Crippen molar-refractivity contribution in [2.24, 2.45) is 0 Å². The molecule has 0 spiro atoms. The standard InChI is InChI=1S/C15H17N3O2.C9H12ClN3O2/c1-4-20-15(19)12-10-16-13(17-14(12)18(2)3)11-8-6-5-7-9-11;1-4-15-8(14)6-5-11-9(10)12-7(6)13(2)3/h5-10H,4H2,1-3H3;5H,4H2,1-3H3. The van der Waals surface area contributed by atoms with E-state index in [4.69, 9.17) is 21.1 Å². The predicted octanol–water partition coefficient (Wildman–Crippen LogP) is 3.76. The molecule has 186 valence electrons. The number of carbonyl (C=O) groups excluding carboxylic acids is 2. The summed E-state index contributed by atoms with van der Waals surface area (Å²) in [6.07, 6.45) is 2.88. The summed E-state index contributed by atoms with van der Waals surface area (Å²) in [7, 11) is 7.20. The van der Waals surface area contributed by atoms with Crippen LogP contribution in [0, 0.1) is 0 Å². The zero-order valence-corrected chi connectivity index (χ0v) is 21.4. The zero-order valence-electron chi connectivity index (χ0n) is 20.6. The van der Waals surface area contributed by atoms with Gasteiger partial charge in [0.05, 0.1) is 13.2 Å². The Morgan fingerprint density at radius 2 is 1.29 bits per heavy atom. The SMILES string of the molecule is CCOC(=O)c1cnc(-c2ccccc2)nc1N(C)C.CCOC(=O)c1cnc(Cl)nc1N(C)C. The molecule has 0 aliphatic carbocycles. The lowest BCUT2D eigenvalue weighted by molar-refractivity contribution is 0.0516. The molecule has 0 unspecified atom stereocenters. The van der Waals surface area contributed by atoms with Crippen LogP contribution in [0.2, 0.25) is 5.28 Å². The van der Waals surface area contributed by atoms with Crippen LogP contribution in [0.4, 0.5) is 11.6 Å². The molecule has 3 rings (SSSR count). The Hall–Kier alpha value is -3.79. The molecular formula is C24H29ClN6O4. The highest BCUT2D eigenvalue weighted by Crippen LogP contribution is 2.21. The maximum Gasteiger partial charge on any atom is 0.343 e. The first kappa shape index (κ1) is 27.5. The Labute approximate surface area is 209 Å². The summed E-state index contributed by atoms with van der Waals surface area (Å²) in [5, 5.41) is 0.103. The lowest BCUT2D eigenvalue weighted by Gasteiger charge is -2.16. The van der Waals surface area contributed by atoms with E-state index in [1.165, 1.54) is 12.4 Å². The average molecular weight is 501 g/mol. The van der Waals surface area contributed by atoms with Crippen LogP contribution in [0.15, 0.2) is 42.7 Å². The minimum atomic E-state index is -0.446. The first-order chi connectivity index (χ1) is 16.7. The minimum Gasteiger partial charge on any atom is -0.462 e. The van der Waals surface area contributed by atoms with Gasteiger partial charge in [-0.15, -0.1) is 0 Å². The summed E-state index contributed by atoms with van der Waals surface area (Å²) >= 11 is 5.64. The number of carbonyl (C=O) groups is 2. The minimum absolute atomic E-state index is 0.103. The molecule has 0 fully saturated rings. The summed E-state index contributed by atoms with van der Waals surface area (Å²) < 4.78 is 9.89. The number of hydrogen-bond acceptors (Lipinski definition) is 10. The van der Waals surface area contributed by atoms with E-state index in [1.807, 2.05) is 44.4 Å². The molecular weight excluding hydrogens is 472 g/mol. The van der Waals surface area contributed by atoms with Crippen LogP contribution in [0.1, 0.15) is 34.6 Å². The van der Waals surface area contributed by atoms with E-state index in [-0.39, 0.29) is 5.28 Å². The van der Waals surface area contributed by atoms with Gasteiger partial charge >= 0.3 is 11.9 Å². The molecule has 3 aromatic rings. The molecule has 10 nitrogen and oxygen atoms in total. The van der Waals surface area contributed by atoms with E-state index < -0.39 is 11.9 Å². The number of benzene rings is 1. The Morgan fingerprint density at radius 3 is 1.77 bits per heavy atom. The van der Waals surface area contributed by atoms with Crippen molar-refractivity contribution >= 4 is 35.2 Å². The number of aromatic nitrogens is 4. The fourth-order valence-electron chi connectivity index (χ4n) is 2.84. The van der Waals surface area contributed by atoms with E-state index in [9.17, 15) is 9.59 Å². The summed E-state index contributed by atoms with van der Waals surface area (Å²) in [5.41, 5.74) is 1.59. The van der Waals surface area contributed by atoms with Crippen molar-refractivity contribution in [3.05, 3.63) is 59.1 Å². The number of halogens is 1. The van der Waals surface area contributed by atoms with E-state index in [0.717, 1.165) is 5.56 Å². The van der Waals surface area contributed by atoms with Crippen molar-refractivity contribution in [3.63, 3.8) is 0 Å². The summed E-state index contributed by atoms with van der Waals surface area (Å²) in [4.78, 5) is 43.3. The number of hydrogen-bond donors (Lipinski definition) is 0. The average Bonchev–Trinajstić information content (AvgIpc) is 2.84. The fraction of sp³-hybridized carbons (Fsp3) is 0.333. The fourth-order valence-corrected chi connectivity index (χ4v) is 2.97. The second-order valence-electron chi connectivity index (χ2n) is 7.40. The van der Waals surface area contributed by atoms with Gasteiger partial charge in [0.15, 0.2) is 5.82 Å². The van der Waals surface area contributed by atoms with Gasteiger partial charge in [0.25, 0.3) is 0 Å². The number of rotatable bonds is 7. The smallest absolute Gasteiger partial charge is 0.343 e. The number of nitrogens with zero attached hydrogens (tertiary/aromatic N) is 6. The predicted molar refractivity (Wildman–Crippen MR) is 135 cm³/mol. The lowest BCUT2D eigenvalue weighted by atomic mass is 10.2. The Bertz CT molecular complexity index is 1140. The van der Waals surface area contributed by atoms with Crippen molar-refractivity contribution in [1.82, 2.24) is 19.9 Å². The third kappa shape index (κ3) is 7.61. The third-order valence-electron chi connectivity index (χ3n) is 4.38. The highest BCUT2D eigenvalue weighted by atomic mass is 35.5. The van der Waals surface area contributed by atoms with Crippen molar-refractivity contribution in [3.8, 4) is 11.4 Å². The molecule has 0 amide bonds. The van der Waals surface area contributed by atoms with E-state index >= 15 is 0 Å². The number of esters is 2. The normalized spacial score (nSPS) is 10.0. The number of anilines is 2. The molecule has 0 radical (unpaired) electrons. The van der Waals surface area contributed by atoms with Gasteiger partial charge in [-0.25, -0.2) is 24.5 Å². The Kier molecular flexibility index (Phi) is 10.3.